The van der Waals surface area contributed by atoms with Crippen LogP contribution in [0.4, 0.5) is 14.9 Å². The summed E-state index contributed by atoms with van der Waals surface area (Å²) in [7, 11) is 0. The third-order valence-electron chi connectivity index (χ3n) is 6.44. The zero-order valence-corrected chi connectivity index (χ0v) is 20.0. The molecule has 0 spiro atoms. The van der Waals surface area contributed by atoms with E-state index in [1.54, 1.807) is 29.2 Å². The standard InChI is InChI=1S/C18H18ClFN2O3.C7H11NO2/c19-12-3-1-11(2-4-12)9-21-18(25)14-7-17(24)16(8-15(14)20)22-6-5-13(23)10-22;9-7-8-4-2-1-3-6(8)5-10-7/h1-4,7-8,13,23-24H,5-6,9-10H2,(H,21,25);6H,1-5H2. The van der Waals surface area contributed by atoms with E-state index in [-0.39, 0.29) is 29.6 Å². The fraction of sp³-hybridized carbons (Fsp3) is 0.440. The summed E-state index contributed by atoms with van der Waals surface area (Å²) in [6.07, 6.45) is 3.48. The summed E-state index contributed by atoms with van der Waals surface area (Å²) in [6.45, 7) is 2.60. The molecule has 3 aliphatic rings. The number of carbonyl (C=O) groups is 2. The summed E-state index contributed by atoms with van der Waals surface area (Å²) in [6, 6.07) is 9.58. The number of amides is 2. The van der Waals surface area contributed by atoms with Crippen LogP contribution in [-0.2, 0) is 11.3 Å². The normalized spacial score (nSPS) is 21.2. The zero-order valence-electron chi connectivity index (χ0n) is 19.3. The van der Waals surface area contributed by atoms with Gasteiger partial charge < -0.3 is 30.1 Å². The molecule has 2 aromatic carbocycles. The number of rotatable bonds is 4. The molecule has 3 fully saturated rings. The lowest BCUT2D eigenvalue weighted by atomic mass is 10.0. The van der Waals surface area contributed by atoms with Crippen LogP contribution in [0, 0.1) is 5.82 Å². The minimum Gasteiger partial charge on any atom is -0.506 e. The van der Waals surface area contributed by atoms with Crippen LogP contribution in [0.15, 0.2) is 36.4 Å². The van der Waals surface area contributed by atoms with Gasteiger partial charge in [-0.2, -0.15) is 0 Å². The number of β-amino-alcohol motifs (C(OH)–C–C–N with tert-alkyl or cyclic N) is 1. The molecule has 188 valence electrons. The van der Waals surface area contributed by atoms with Gasteiger partial charge in [0.05, 0.1) is 23.4 Å². The van der Waals surface area contributed by atoms with E-state index in [4.69, 9.17) is 16.3 Å². The van der Waals surface area contributed by atoms with Crippen LogP contribution in [0.5, 0.6) is 5.75 Å². The van der Waals surface area contributed by atoms with Crippen molar-refractivity contribution in [2.24, 2.45) is 0 Å². The van der Waals surface area contributed by atoms with Gasteiger partial charge in [-0.15, -0.1) is 0 Å². The SMILES string of the molecule is O=C(NCc1ccc(Cl)cc1)c1cc(O)c(N2CCC(O)C2)cc1F.O=C1OCC2CCCCN12. The number of carbonyl (C=O) groups excluding carboxylic acids is 2. The van der Waals surface area contributed by atoms with Crippen molar-refractivity contribution >= 4 is 29.3 Å². The maximum Gasteiger partial charge on any atom is 0.410 e. The third-order valence-corrected chi connectivity index (χ3v) is 6.69. The number of piperidine rings is 1. The number of nitrogens with zero attached hydrogens (tertiary/aromatic N) is 2. The molecule has 3 heterocycles. The number of fused-ring (bicyclic) bond motifs is 1. The van der Waals surface area contributed by atoms with Crippen molar-refractivity contribution in [1.29, 1.82) is 0 Å². The van der Waals surface area contributed by atoms with Gasteiger partial charge in [0.1, 0.15) is 18.2 Å². The van der Waals surface area contributed by atoms with E-state index in [0.717, 1.165) is 37.1 Å². The van der Waals surface area contributed by atoms with Crippen molar-refractivity contribution in [3.05, 3.63) is 58.4 Å². The highest BCUT2D eigenvalue weighted by Gasteiger charge is 2.34. The van der Waals surface area contributed by atoms with E-state index in [2.05, 4.69) is 5.32 Å². The monoisotopic (exact) mass is 505 g/mol. The van der Waals surface area contributed by atoms with Gasteiger partial charge in [0.15, 0.2) is 0 Å². The van der Waals surface area contributed by atoms with Crippen molar-refractivity contribution in [2.45, 2.75) is 44.4 Å². The van der Waals surface area contributed by atoms with Crippen LogP contribution in [0.3, 0.4) is 0 Å². The second-order valence-electron chi connectivity index (χ2n) is 8.94. The van der Waals surface area contributed by atoms with Crippen LogP contribution in [0.25, 0.3) is 0 Å². The fourth-order valence-electron chi connectivity index (χ4n) is 4.48. The van der Waals surface area contributed by atoms with Crippen molar-refractivity contribution in [2.75, 3.05) is 31.1 Å². The summed E-state index contributed by atoms with van der Waals surface area (Å²) in [5.74, 6) is -1.52. The molecule has 0 aliphatic carbocycles. The van der Waals surface area contributed by atoms with Gasteiger partial charge in [-0.25, -0.2) is 9.18 Å². The van der Waals surface area contributed by atoms with Crippen LogP contribution in [0.2, 0.25) is 5.02 Å². The number of halogens is 2. The number of ether oxygens (including phenoxy) is 1. The highest BCUT2D eigenvalue weighted by atomic mass is 35.5. The number of aromatic hydroxyl groups is 1. The predicted molar refractivity (Wildman–Crippen MR) is 129 cm³/mol. The Bertz CT molecular complexity index is 1070. The first-order valence-corrected chi connectivity index (χ1v) is 12.1. The molecule has 0 aromatic heterocycles. The number of hydrogen-bond acceptors (Lipinski definition) is 6. The average molecular weight is 506 g/mol. The number of phenolic OH excluding ortho intramolecular Hbond substituents is 1. The molecule has 3 aliphatic heterocycles. The first kappa shape index (κ1) is 25.1. The van der Waals surface area contributed by atoms with E-state index in [1.165, 1.54) is 6.42 Å². The summed E-state index contributed by atoms with van der Waals surface area (Å²) in [4.78, 5) is 26.7. The topological polar surface area (TPSA) is 102 Å². The Hall–Kier alpha value is -3.04. The largest absolute Gasteiger partial charge is 0.506 e. The minimum absolute atomic E-state index is 0.107. The molecule has 0 saturated carbocycles. The van der Waals surface area contributed by atoms with Crippen LogP contribution < -0.4 is 10.2 Å². The lowest BCUT2D eigenvalue weighted by molar-refractivity contribution is 0.0946. The Morgan fingerprint density at radius 2 is 1.94 bits per heavy atom. The summed E-state index contributed by atoms with van der Waals surface area (Å²) in [5.41, 5.74) is 0.878. The predicted octanol–water partition coefficient (Wildman–Crippen LogP) is 3.68. The molecule has 10 heteroatoms. The maximum absolute atomic E-state index is 14.3. The highest BCUT2D eigenvalue weighted by molar-refractivity contribution is 6.30. The van der Waals surface area contributed by atoms with E-state index in [9.17, 15) is 24.2 Å². The number of benzene rings is 2. The van der Waals surface area contributed by atoms with Gasteiger partial charge in [0, 0.05) is 37.3 Å². The lowest BCUT2D eigenvalue weighted by Gasteiger charge is -2.25. The molecule has 3 saturated heterocycles. The molecule has 35 heavy (non-hydrogen) atoms. The van der Waals surface area contributed by atoms with Crippen LogP contribution in [0.1, 0.15) is 41.6 Å². The summed E-state index contributed by atoms with van der Waals surface area (Å²) < 4.78 is 19.2. The Morgan fingerprint density at radius 1 is 1.17 bits per heavy atom. The highest BCUT2D eigenvalue weighted by Crippen LogP contribution is 2.32. The second-order valence-corrected chi connectivity index (χ2v) is 9.37. The molecule has 2 amide bonds. The lowest BCUT2D eigenvalue weighted by Crippen LogP contribution is -2.37. The third kappa shape index (κ3) is 6.15. The molecule has 3 N–H and O–H groups in total. The smallest absolute Gasteiger partial charge is 0.410 e. The summed E-state index contributed by atoms with van der Waals surface area (Å²) >= 11 is 5.80. The van der Waals surface area contributed by atoms with Gasteiger partial charge in [-0.3, -0.25) is 4.79 Å². The first-order valence-electron chi connectivity index (χ1n) is 11.7. The van der Waals surface area contributed by atoms with E-state index < -0.39 is 17.8 Å². The molecule has 8 nitrogen and oxygen atoms in total. The van der Waals surface area contributed by atoms with Gasteiger partial charge in [0.2, 0.25) is 0 Å². The number of hydrogen-bond donors (Lipinski definition) is 3. The minimum atomic E-state index is -0.720. The quantitative estimate of drug-likeness (QED) is 0.586. The molecule has 0 radical (unpaired) electrons. The van der Waals surface area contributed by atoms with Gasteiger partial charge in [0.25, 0.3) is 5.91 Å². The zero-order chi connectivity index (χ0) is 24.9. The molecular formula is C25H29ClFN3O5. The van der Waals surface area contributed by atoms with Crippen molar-refractivity contribution in [1.82, 2.24) is 10.2 Å². The van der Waals surface area contributed by atoms with E-state index >= 15 is 0 Å². The van der Waals surface area contributed by atoms with E-state index in [1.807, 2.05) is 4.90 Å². The summed E-state index contributed by atoms with van der Waals surface area (Å²) in [5, 5.41) is 22.9. The number of anilines is 1. The number of cyclic esters (lactones) is 1. The van der Waals surface area contributed by atoms with Crippen molar-refractivity contribution < 1.29 is 28.9 Å². The Balaban J connectivity index is 0.000000239. The Kier molecular flexibility index (Phi) is 7.97. The molecule has 5 rings (SSSR count). The maximum atomic E-state index is 14.3. The molecule has 2 unspecified atom stereocenters. The van der Waals surface area contributed by atoms with Gasteiger partial charge in [-0.05, 0) is 49.4 Å². The van der Waals surface area contributed by atoms with Crippen molar-refractivity contribution in [3.8, 4) is 5.75 Å². The van der Waals surface area contributed by atoms with E-state index in [0.29, 0.717) is 37.2 Å². The number of nitrogens with one attached hydrogen (secondary N) is 1. The second kappa shape index (κ2) is 11.1. The van der Waals surface area contributed by atoms with Gasteiger partial charge in [-0.1, -0.05) is 23.7 Å². The average Bonchev–Trinajstić information content (AvgIpc) is 3.46. The van der Waals surface area contributed by atoms with Crippen LogP contribution in [-0.4, -0.2) is 65.5 Å². The van der Waals surface area contributed by atoms with Gasteiger partial charge >= 0.3 is 6.09 Å². The molecular weight excluding hydrogens is 477 g/mol. The number of aliphatic hydroxyl groups is 1. The molecule has 0 bridgehead atoms. The van der Waals surface area contributed by atoms with Crippen LogP contribution >= 0.6 is 11.6 Å². The number of aliphatic hydroxyl groups excluding tert-OH is 1. The fourth-order valence-corrected chi connectivity index (χ4v) is 4.61. The number of phenols is 1. The molecule has 2 aromatic rings. The molecule has 2 atom stereocenters. The Morgan fingerprint density at radius 3 is 2.63 bits per heavy atom. The first-order chi connectivity index (χ1) is 16.8. The van der Waals surface area contributed by atoms with Crippen molar-refractivity contribution in [3.63, 3.8) is 0 Å². The Labute approximate surface area is 208 Å².